The molecule has 4 atom stereocenters. The van der Waals surface area contributed by atoms with Gasteiger partial charge in [0.1, 0.15) is 24.6 Å². The van der Waals surface area contributed by atoms with Crippen molar-refractivity contribution >= 4 is 5.84 Å². The van der Waals surface area contributed by atoms with Crippen LogP contribution < -0.4 is 5.73 Å². The molecule has 0 saturated carbocycles. The van der Waals surface area contributed by atoms with Crippen LogP contribution in [0.15, 0.2) is 6.33 Å². The van der Waals surface area contributed by atoms with E-state index in [0.29, 0.717) is 0 Å². The summed E-state index contributed by atoms with van der Waals surface area (Å²) < 4.78 is 6.37. The van der Waals surface area contributed by atoms with Gasteiger partial charge in [-0.25, -0.2) is 9.67 Å². The van der Waals surface area contributed by atoms with Gasteiger partial charge in [-0.3, -0.25) is 5.41 Å². The third-order valence-corrected chi connectivity index (χ3v) is 2.53. The van der Waals surface area contributed by atoms with E-state index in [1.54, 1.807) is 0 Å². The zero-order valence-corrected chi connectivity index (χ0v) is 8.76. The highest BCUT2D eigenvalue weighted by Gasteiger charge is 2.43. The number of hydrogen-bond donors (Lipinski definition) is 5. The second-order valence-corrected chi connectivity index (χ2v) is 3.69. The summed E-state index contributed by atoms with van der Waals surface area (Å²) >= 11 is 0. The number of amidine groups is 1. The van der Waals surface area contributed by atoms with Gasteiger partial charge in [0.15, 0.2) is 12.1 Å². The maximum absolute atomic E-state index is 9.70. The molecule has 6 N–H and O–H groups in total. The normalized spacial score (nSPS) is 32.9. The first-order chi connectivity index (χ1) is 8.04. The number of nitrogens with one attached hydrogen (secondary N) is 1. The Hall–Kier alpha value is -1.55. The lowest BCUT2D eigenvalue weighted by atomic mass is 10.1. The van der Waals surface area contributed by atoms with Crippen LogP contribution >= 0.6 is 0 Å². The van der Waals surface area contributed by atoms with E-state index in [1.807, 2.05) is 0 Å². The molecule has 1 fully saturated rings. The van der Waals surface area contributed by atoms with Crippen LogP contribution in [0.25, 0.3) is 0 Å². The van der Waals surface area contributed by atoms with Gasteiger partial charge in [0.05, 0.1) is 6.61 Å². The fraction of sp³-hybridized carbons (Fsp3) is 0.625. The van der Waals surface area contributed by atoms with Crippen LogP contribution in [0, 0.1) is 5.41 Å². The number of ether oxygens (including phenoxy) is 1. The molecule has 0 aromatic carbocycles. The number of aliphatic hydroxyl groups is 3. The van der Waals surface area contributed by atoms with Gasteiger partial charge in [-0.2, -0.15) is 0 Å². The minimum atomic E-state index is -1.23. The van der Waals surface area contributed by atoms with Gasteiger partial charge in [0.2, 0.25) is 5.82 Å². The molecule has 2 heterocycles. The molecule has 0 radical (unpaired) electrons. The molecule has 0 aliphatic carbocycles. The minimum absolute atomic E-state index is 0.00254. The monoisotopic (exact) mass is 243 g/mol. The van der Waals surface area contributed by atoms with Crippen molar-refractivity contribution in [3.8, 4) is 0 Å². The van der Waals surface area contributed by atoms with Crippen molar-refractivity contribution in [2.24, 2.45) is 5.73 Å². The Labute approximate surface area is 96.0 Å². The lowest BCUT2D eigenvalue weighted by Crippen LogP contribution is -2.33. The molecular weight excluding hydrogens is 230 g/mol. The molecule has 1 aliphatic heterocycles. The van der Waals surface area contributed by atoms with E-state index < -0.39 is 31.1 Å². The van der Waals surface area contributed by atoms with E-state index in [4.69, 9.17) is 21.0 Å². The average molecular weight is 243 g/mol. The van der Waals surface area contributed by atoms with Gasteiger partial charge in [0, 0.05) is 0 Å². The third kappa shape index (κ3) is 2.00. The van der Waals surface area contributed by atoms with Crippen LogP contribution in [0.2, 0.25) is 0 Å². The van der Waals surface area contributed by atoms with Crippen LogP contribution in [0.4, 0.5) is 0 Å². The Morgan fingerprint density at radius 3 is 2.71 bits per heavy atom. The predicted molar refractivity (Wildman–Crippen MR) is 54.0 cm³/mol. The van der Waals surface area contributed by atoms with E-state index in [2.05, 4.69) is 10.1 Å². The molecule has 0 unspecified atom stereocenters. The van der Waals surface area contributed by atoms with Crippen molar-refractivity contribution in [3.05, 3.63) is 12.2 Å². The molecule has 94 valence electrons. The number of aliphatic hydroxyl groups excluding tert-OH is 3. The van der Waals surface area contributed by atoms with E-state index in [0.717, 1.165) is 4.68 Å². The summed E-state index contributed by atoms with van der Waals surface area (Å²) in [4.78, 5) is 3.74. The zero-order chi connectivity index (χ0) is 12.6. The van der Waals surface area contributed by atoms with Gasteiger partial charge in [-0.05, 0) is 0 Å². The van der Waals surface area contributed by atoms with Crippen molar-refractivity contribution in [2.45, 2.75) is 24.5 Å². The number of nitrogens with zero attached hydrogens (tertiary/aromatic N) is 3. The minimum Gasteiger partial charge on any atom is -0.394 e. The second kappa shape index (κ2) is 4.37. The van der Waals surface area contributed by atoms with Gasteiger partial charge < -0.3 is 25.8 Å². The maximum atomic E-state index is 9.70. The highest BCUT2D eigenvalue weighted by molar-refractivity contribution is 5.90. The van der Waals surface area contributed by atoms with Crippen LogP contribution in [0.5, 0.6) is 0 Å². The van der Waals surface area contributed by atoms with E-state index in [-0.39, 0.29) is 11.7 Å². The van der Waals surface area contributed by atoms with Crippen molar-refractivity contribution in [1.29, 1.82) is 5.41 Å². The molecule has 9 heteroatoms. The SMILES string of the molecule is N=C(N)c1ncn([C@@H]2O[C@@H](CO)[C@@H](O)[C@H]2O)n1. The molecule has 0 bridgehead atoms. The molecule has 0 amide bonds. The summed E-state index contributed by atoms with van der Waals surface area (Å²) in [5.41, 5.74) is 5.19. The molecule has 9 nitrogen and oxygen atoms in total. The third-order valence-electron chi connectivity index (χ3n) is 2.53. The molecule has 1 aromatic heterocycles. The largest absolute Gasteiger partial charge is 0.394 e. The summed E-state index contributed by atoms with van der Waals surface area (Å²) in [7, 11) is 0. The number of aromatic nitrogens is 3. The van der Waals surface area contributed by atoms with Crippen LogP contribution in [-0.4, -0.2) is 60.8 Å². The summed E-state index contributed by atoms with van der Waals surface area (Å²) in [6.45, 7) is -0.414. The smallest absolute Gasteiger partial charge is 0.215 e. The lowest BCUT2D eigenvalue weighted by Gasteiger charge is -2.13. The van der Waals surface area contributed by atoms with Gasteiger partial charge in [-0.1, -0.05) is 0 Å². The lowest BCUT2D eigenvalue weighted by molar-refractivity contribution is -0.0588. The first-order valence-corrected chi connectivity index (χ1v) is 4.92. The van der Waals surface area contributed by atoms with Crippen molar-refractivity contribution < 1.29 is 20.1 Å². The molecule has 1 saturated heterocycles. The number of nitrogens with two attached hydrogens (primary N) is 1. The quantitative estimate of drug-likeness (QED) is 0.283. The second-order valence-electron chi connectivity index (χ2n) is 3.69. The Bertz CT molecular complexity index is 422. The summed E-state index contributed by atoms with van der Waals surface area (Å²) in [5, 5.41) is 39.1. The van der Waals surface area contributed by atoms with Crippen molar-refractivity contribution in [1.82, 2.24) is 14.8 Å². The van der Waals surface area contributed by atoms with Gasteiger partial charge in [-0.15, -0.1) is 5.10 Å². The Kier molecular flexibility index (Phi) is 3.07. The van der Waals surface area contributed by atoms with Crippen LogP contribution in [0.1, 0.15) is 12.1 Å². The molecule has 0 spiro atoms. The molecule has 2 rings (SSSR count). The Morgan fingerprint density at radius 2 is 2.24 bits per heavy atom. The fourth-order valence-corrected chi connectivity index (χ4v) is 1.62. The summed E-state index contributed by atoms with van der Waals surface area (Å²) in [6, 6.07) is 0. The molecule has 17 heavy (non-hydrogen) atoms. The highest BCUT2D eigenvalue weighted by Crippen LogP contribution is 2.28. The summed E-state index contributed by atoms with van der Waals surface area (Å²) in [6.07, 6.45) is -3.02. The molecule has 1 aliphatic rings. The average Bonchev–Trinajstić information content (AvgIpc) is 2.87. The molecule has 1 aromatic rings. The topological polar surface area (TPSA) is 150 Å². The fourth-order valence-electron chi connectivity index (χ4n) is 1.62. The zero-order valence-electron chi connectivity index (χ0n) is 8.76. The predicted octanol–water partition coefficient (Wildman–Crippen LogP) is -2.83. The number of nitrogen functional groups attached to an aromatic ring is 1. The van der Waals surface area contributed by atoms with E-state index in [1.165, 1.54) is 6.33 Å². The van der Waals surface area contributed by atoms with Crippen molar-refractivity contribution in [3.63, 3.8) is 0 Å². The van der Waals surface area contributed by atoms with Crippen LogP contribution in [0.3, 0.4) is 0 Å². The van der Waals surface area contributed by atoms with Gasteiger partial charge >= 0.3 is 0 Å². The maximum Gasteiger partial charge on any atom is 0.215 e. The van der Waals surface area contributed by atoms with Crippen molar-refractivity contribution in [2.75, 3.05) is 6.61 Å². The highest BCUT2D eigenvalue weighted by atomic mass is 16.6. The van der Waals surface area contributed by atoms with Crippen LogP contribution in [-0.2, 0) is 4.74 Å². The van der Waals surface area contributed by atoms with E-state index in [9.17, 15) is 10.2 Å². The summed E-state index contributed by atoms with van der Waals surface area (Å²) in [5.74, 6) is -0.307. The first-order valence-electron chi connectivity index (χ1n) is 4.92. The Balaban J connectivity index is 2.19. The first kappa shape index (κ1) is 11.9. The molecular formula is C8H13N5O4. The van der Waals surface area contributed by atoms with Gasteiger partial charge in [0.25, 0.3) is 0 Å². The number of hydrogen-bond acceptors (Lipinski definition) is 7. The number of rotatable bonds is 3. The Morgan fingerprint density at radius 1 is 1.53 bits per heavy atom. The van der Waals surface area contributed by atoms with E-state index >= 15 is 0 Å². The standard InChI is InChI=1S/C8H13N5O4/c9-6(10)7-11-2-13(12-7)8-5(16)4(15)3(1-14)17-8/h2-5,8,14-16H,1H2,(H3,9,10)/t3-,4+,5+,8+/m0/s1.